The molecule has 96 valence electrons. The zero-order valence-electron chi connectivity index (χ0n) is 9.30. The third-order valence-corrected chi connectivity index (χ3v) is 3.02. The molecule has 0 fully saturated rings. The molecular formula is C11H10NO5S-. The van der Waals surface area contributed by atoms with Crippen LogP contribution in [0.4, 0.5) is 5.69 Å². The molecule has 1 N–H and O–H groups in total. The van der Waals surface area contributed by atoms with Crippen LogP contribution in [-0.4, -0.2) is 30.2 Å². The Morgan fingerprint density at radius 2 is 2.06 bits per heavy atom. The second-order valence-electron chi connectivity index (χ2n) is 3.48. The fraction of sp³-hybridized carbons (Fsp3) is 0.273. The van der Waals surface area contributed by atoms with Gasteiger partial charge in [0.15, 0.2) is 11.5 Å². The molecular weight excluding hydrogens is 258 g/mol. The van der Waals surface area contributed by atoms with Crippen molar-refractivity contribution in [2.24, 2.45) is 0 Å². The van der Waals surface area contributed by atoms with Crippen molar-refractivity contribution in [1.82, 2.24) is 0 Å². The van der Waals surface area contributed by atoms with E-state index in [2.05, 4.69) is 5.32 Å². The molecule has 0 unspecified atom stereocenters. The largest absolute Gasteiger partial charge is 0.549 e. The van der Waals surface area contributed by atoms with Crippen molar-refractivity contribution in [3.63, 3.8) is 0 Å². The summed E-state index contributed by atoms with van der Waals surface area (Å²) in [5.74, 6) is -0.387. The summed E-state index contributed by atoms with van der Waals surface area (Å²) in [7, 11) is 0. The number of hydrogen-bond acceptors (Lipinski definition) is 6. The first-order chi connectivity index (χ1) is 8.65. The van der Waals surface area contributed by atoms with E-state index in [1.807, 2.05) is 0 Å². The molecule has 1 heterocycles. The molecule has 0 aliphatic carbocycles. The van der Waals surface area contributed by atoms with Gasteiger partial charge in [0.2, 0.25) is 12.7 Å². The van der Waals surface area contributed by atoms with Gasteiger partial charge >= 0.3 is 0 Å². The van der Waals surface area contributed by atoms with Crippen LogP contribution in [0.2, 0.25) is 0 Å². The minimum Gasteiger partial charge on any atom is -0.549 e. The highest BCUT2D eigenvalue weighted by Gasteiger charge is 2.13. The molecule has 0 bridgehead atoms. The number of carboxylic acids is 1. The zero-order valence-corrected chi connectivity index (χ0v) is 10.1. The van der Waals surface area contributed by atoms with Crippen LogP contribution >= 0.6 is 11.8 Å². The average Bonchev–Trinajstić information content (AvgIpc) is 2.75. The molecule has 1 aromatic carbocycles. The van der Waals surface area contributed by atoms with Crippen LogP contribution in [0.3, 0.4) is 0 Å². The van der Waals surface area contributed by atoms with Gasteiger partial charge in [0.05, 0.1) is 11.7 Å². The maximum atomic E-state index is 11.5. The molecule has 2 rings (SSSR count). The first-order valence-electron chi connectivity index (χ1n) is 5.12. The Morgan fingerprint density at radius 1 is 1.28 bits per heavy atom. The first-order valence-corrected chi connectivity index (χ1v) is 6.28. The molecule has 0 spiro atoms. The standard InChI is InChI=1S/C11H11NO5S/c13-10(4-18-5-11(14)15)12-7-1-2-8-9(3-7)17-6-16-8/h1-3H,4-6H2,(H,12,13)(H,14,15)/p-1. The van der Waals surface area contributed by atoms with Gasteiger partial charge in [0.1, 0.15) is 0 Å². The molecule has 1 aromatic rings. The molecule has 7 heteroatoms. The molecule has 0 radical (unpaired) electrons. The quantitative estimate of drug-likeness (QED) is 0.798. The lowest BCUT2D eigenvalue weighted by molar-refractivity contribution is -0.301. The van der Waals surface area contributed by atoms with Crippen LogP contribution in [0.5, 0.6) is 11.5 Å². The van der Waals surface area contributed by atoms with E-state index in [4.69, 9.17) is 9.47 Å². The zero-order chi connectivity index (χ0) is 13.0. The highest BCUT2D eigenvalue weighted by molar-refractivity contribution is 8.00. The number of benzene rings is 1. The van der Waals surface area contributed by atoms with Crippen molar-refractivity contribution in [3.05, 3.63) is 18.2 Å². The predicted molar refractivity (Wildman–Crippen MR) is 63.5 cm³/mol. The summed E-state index contributed by atoms with van der Waals surface area (Å²) < 4.78 is 10.3. The number of aliphatic carboxylic acids is 1. The fourth-order valence-electron chi connectivity index (χ4n) is 1.40. The van der Waals surface area contributed by atoms with Gasteiger partial charge < -0.3 is 24.7 Å². The maximum Gasteiger partial charge on any atom is 0.234 e. The summed E-state index contributed by atoms with van der Waals surface area (Å²) in [6.45, 7) is 0.175. The number of carbonyl (C=O) groups excluding carboxylic acids is 2. The van der Waals surface area contributed by atoms with Crippen molar-refractivity contribution in [3.8, 4) is 11.5 Å². The van der Waals surface area contributed by atoms with E-state index in [0.29, 0.717) is 17.2 Å². The van der Waals surface area contributed by atoms with Gasteiger partial charge in [0.25, 0.3) is 0 Å². The highest BCUT2D eigenvalue weighted by Crippen LogP contribution is 2.34. The first kappa shape index (κ1) is 12.6. The van der Waals surface area contributed by atoms with E-state index in [1.54, 1.807) is 18.2 Å². The van der Waals surface area contributed by atoms with Crippen LogP contribution in [0.25, 0.3) is 0 Å². The van der Waals surface area contributed by atoms with Gasteiger partial charge in [-0.15, -0.1) is 11.8 Å². The van der Waals surface area contributed by atoms with E-state index in [9.17, 15) is 14.7 Å². The number of hydrogen-bond donors (Lipinski definition) is 1. The number of carbonyl (C=O) groups is 2. The Kier molecular flexibility index (Phi) is 3.93. The summed E-state index contributed by atoms with van der Waals surface area (Å²) >= 11 is 0.984. The van der Waals surface area contributed by atoms with E-state index in [-0.39, 0.29) is 24.2 Å². The normalized spacial score (nSPS) is 12.2. The molecule has 1 aliphatic heterocycles. The molecule has 1 amide bonds. The molecule has 18 heavy (non-hydrogen) atoms. The molecule has 1 aliphatic rings. The van der Waals surface area contributed by atoms with E-state index in [0.717, 1.165) is 11.8 Å². The smallest absolute Gasteiger partial charge is 0.234 e. The molecule has 0 saturated heterocycles. The lowest BCUT2D eigenvalue weighted by Gasteiger charge is -2.06. The Bertz CT molecular complexity index is 477. The van der Waals surface area contributed by atoms with Crippen molar-refractivity contribution >= 4 is 29.3 Å². The van der Waals surface area contributed by atoms with Gasteiger partial charge in [-0.05, 0) is 12.1 Å². The highest BCUT2D eigenvalue weighted by atomic mass is 32.2. The maximum absolute atomic E-state index is 11.5. The van der Waals surface area contributed by atoms with Gasteiger partial charge in [-0.25, -0.2) is 0 Å². The van der Waals surface area contributed by atoms with Crippen LogP contribution in [0.15, 0.2) is 18.2 Å². The van der Waals surface area contributed by atoms with Crippen LogP contribution in [0.1, 0.15) is 0 Å². The lowest BCUT2D eigenvalue weighted by atomic mass is 10.3. The topological polar surface area (TPSA) is 87.7 Å². The molecule has 0 atom stereocenters. The number of rotatable bonds is 5. The summed E-state index contributed by atoms with van der Waals surface area (Å²) in [4.78, 5) is 21.6. The predicted octanol–water partition coefficient (Wildman–Crippen LogP) is -0.163. The van der Waals surface area contributed by atoms with E-state index >= 15 is 0 Å². The second kappa shape index (κ2) is 5.63. The second-order valence-corrected chi connectivity index (χ2v) is 4.47. The van der Waals surface area contributed by atoms with Crippen LogP contribution in [-0.2, 0) is 9.59 Å². The Hall–Kier alpha value is -1.89. The van der Waals surface area contributed by atoms with Gasteiger partial charge in [-0.3, -0.25) is 4.79 Å². The molecule has 0 saturated carbocycles. The average molecular weight is 268 g/mol. The van der Waals surface area contributed by atoms with Crippen LogP contribution < -0.4 is 19.9 Å². The van der Waals surface area contributed by atoms with Gasteiger partial charge in [0, 0.05) is 17.5 Å². The summed E-state index contributed by atoms with van der Waals surface area (Å²) in [6, 6.07) is 5.05. The number of ether oxygens (including phenoxy) is 2. The fourth-order valence-corrected chi connectivity index (χ4v) is 1.92. The Labute approximate surface area is 107 Å². The van der Waals surface area contributed by atoms with E-state index in [1.165, 1.54) is 0 Å². The van der Waals surface area contributed by atoms with Crippen molar-refractivity contribution in [2.75, 3.05) is 23.6 Å². The minimum absolute atomic E-state index is 0.0580. The van der Waals surface area contributed by atoms with Crippen LogP contribution in [0, 0.1) is 0 Å². The lowest BCUT2D eigenvalue weighted by Crippen LogP contribution is -2.25. The summed E-state index contributed by atoms with van der Waals surface area (Å²) in [6.07, 6.45) is 0. The van der Waals surface area contributed by atoms with E-state index < -0.39 is 5.97 Å². The molecule has 0 aromatic heterocycles. The number of amides is 1. The third kappa shape index (κ3) is 3.30. The third-order valence-electron chi connectivity index (χ3n) is 2.11. The summed E-state index contributed by atoms with van der Waals surface area (Å²) in [5, 5.41) is 12.8. The van der Waals surface area contributed by atoms with Crippen molar-refractivity contribution in [2.45, 2.75) is 0 Å². The number of fused-ring (bicyclic) bond motifs is 1. The summed E-state index contributed by atoms with van der Waals surface area (Å²) in [5.41, 5.74) is 0.582. The molecule has 6 nitrogen and oxygen atoms in total. The number of nitrogens with one attached hydrogen (secondary N) is 1. The Morgan fingerprint density at radius 3 is 2.83 bits per heavy atom. The number of anilines is 1. The van der Waals surface area contributed by atoms with Crippen molar-refractivity contribution < 1.29 is 24.2 Å². The van der Waals surface area contributed by atoms with Crippen molar-refractivity contribution in [1.29, 1.82) is 0 Å². The number of carboxylic acid groups (broad SMARTS) is 1. The minimum atomic E-state index is -1.18. The van der Waals surface area contributed by atoms with Gasteiger partial charge in [-0.1, -0.05) is 0 Å². The number of thioether (sulfide) groups is 1. The SMILES string of the molecule is O=C([O-])CSCC(=O)Nc1ccc2c(c1)OCO2. The Balaban J connectivity index is 1.85. The van der Waals surface area contributed by atoms with Gasteiger partial charge in [-0.2, -0.15) is 0 Å². The monoisotopic (exact) mass is 268 g/mol.